The van der Waals surface area contributed by atoms with Gasteiger partial charge < -0.3 is 9.73 Å². The van der Waals surface area contributed by atoms with E-state index in [0.29, 0.717) is 28.6 Å². The van der Waals surface area contributed by atoms with Crippen molar-refractivity contribution in [1.82, 2.24) is 10.2 Å². The normalized spacial score (nSPS) is 11.1. The largest absolute Gasteiger partial charge is 0.459 e. The molecule has 31 heavy (non-hydrogen) atoms. The molecule has 9 heteroatoms. The number of benzene rings is 2. The molecule has 2 aromatic heterocycles. The van der Waals surface area contributed by atoms with Crippen LogP contribution in [0.2, 0.25) is 0 Å². The molecule has 0 aliphatic carbocycles. The third kappa shape index (κ3) is 4.40. The number of fused-ring (bicyclic) bond motifs is 1. The summed E-state index contributed by atoms with van der Waals surface area (Å²) in [6, 6.07) is 14.3. The minimum Gasteiger partial charge on any atom is -0.459 e. The fourth-order valence-electron chi connectivity index (χ4n) is 3.07. The number of nitro benzene ring substituents is 1. The number of anilines is 1. The molecular formula is C22H16N4O5. The number of hydrogen-bond donors (Lipinski definition) is 2. The van der Waals surface area contributed by atoms with Crippen molar-refractivity contribution in [2.24, 2.45) is 0 Å². The minimum absolute atomic E-state index is 0.0281. The molecule has 0 fully saturated rings. The molecule has 2 heterocycles. The zero-order valence-electron chi connectivity index (χ0n) is 16.1. The van der Waals surface area contributed by atoms with Crippen LogP contribution in [0.4, 0.5) is 11.4 Å². The summed E-state index contributed by atoms with van der Waals surface area (Å²) in [7, 11) is 0. The number of nitro groups is 1. The van der Waals surface area contributed by atoms with Gasteiger partial charge in [0.2, 0.25) is 0 Å². The number of allylic oxidation sites excluding steroid dienone is 1. The third-order valence-corrected chi connectivity index (χ3v) is 4.60. The van der Waals surface area contributed by atoms with E-state index in [1.54, 1.807) is 42.5 Å². The number of non-ortho nitro benzene ring substituents is 1. The molecule has 4 aromatic rings. The number of nitrogens with one attached hydrogen (secondary N) is 2. The molecule has 0 aliphatic heterocycles. The first-order valence-corrected chi connectivity index (χ1v) is 9.28. The van der Waals surface area contributed by atoms with Gasteiger partial charge in [-0.1, -0.05) is 18.2 Å². The molecule has 2 aromatic carbocycles. The Hall–Kier alpha value is -4.53. The lowest BCUT2D eigenvalue weighted by Gasteiger charge is -2.07. The molecule has 4 rings (SSSR count). The molecule has 0 saturated carbocycles. The van der Waals surface area contributed by atoms with Crippen molar-refractivity contribution >= 4 is 34.1 Å². The van der Waals surface area contributed by atoms with Gasteiger partial charge in [0, 0.05) is 29.6 Å². The second kappa shape index (κ2) is 8.46. The Morgan fingerprint density at radius 3 is 2.68 bits per heavy atom. The first-order valence-electron chi connectivity index (χ1n) is 9.28. The zero-order valence-corrected chi connectivity index (χ0v) is 16.1. The maximum atomic E-state index is 12.3. The predicted octanol–water partition coefficient (Wildman–Crippen LogP) is 3.93. The summed E-state index contributed by atoms with van der Waals surface area (Å²) in [6.45, 7) is 0. The van der Waals surface area contributed by atoms with Crippen molar-refractivity contribution in [3.8, 4) is 0 Å². The van der Waals surface area contributed by atoms with Crippen molar-refractivity contribution in [3.05, 3.63) is 104 Å². The molecule has 154 valence electrons. The van der Waals surface area contributed by atoms with Crippen LogP contribution in [-0.4, -0.2) is 21.0 Å². The van der Waals surface area contributed by atoms with Crippen LogP contribution in [0.3, 0.4) is 0 Å². The van der Waals surface area contributed by atoms with E-state index >= 15 is 0 Å². The highest BCUT2D eigenvalue weighted by Crippen LogP contribution is 2.20. The van der Waals surface area contributed by atoms with Gasteiger partial charge in [-0.15, -0.1) is 0 Å². The quantitative estimate of drug-likeness (QED) is 0.362. The van der Waals surface area contributed by atoms with Gasteiger partial charge in [-0.25, -0.2) is 5.10 Å². The molecular weight excluding hydrogens is 400 g/mol. The van der Waals surface area contributed by atoms with Crippen LogP contribution < -0.4 is 10.9 Å². The van der Waals surface area contributed by atoms with Gasteiger partial charge in [0.15, 0.2) is 5.76 Å². The monoisotopic (exact) mass is 416 g/mol. The van der Waals surface area contributed by atoms with Crippen LogP contribution in [0, 0.1) is 10.1 Å². The standard InChI is InChI=1S/C22H16N4O5/c27-21-18-13-15(23-22(28)20-5-2-12-31-20)8-11-17(18)19(24-25-21)4-1-3-14-6-9-16(10-7-14)26(29)30/h1-3,5-13H,4H2,(H,23,28)(H,25,27)/b3-1+. The van der Waals surface area contributed by atoms with E-state index in [1.807, 2.05) is 12.2 Å². The Morgan fingerprint density at radius 1 is 1.16 bits per heavy atom. The lowest BCUT2D eigenvalue weighted by atomic mass is 10.1. The van der Waals surface area contributed by atoms with Gasteiger partial charge >= 0.3 is 0 Å². The van der Waals surface area contributed by atoms with Crippen LogP contribution in [0.1, 0.15) is 21.8 Å². The summed E-state index contributed by atoms with van der Waals surface area (Å²) >= 11 is 0. The molecule has 2 N–H and O–H groups in total. The van der Waals surface area contributed by atoms with Crippen LogP contribution >= 0.6 is 0 Å². The van der Waals surface area contributed by atoms with Gasteiger partial charge in [-0.3, -0.25) is 19.7 Å². The van der Waals surface area contributed by atoms with Gasteiger partial charge in [0.25, 0.3) is 17.2 Å². The van der Waals surface area contributed by atoms with Crippen molar-refractivity contribution in [3.63, 3.8) is 0 Å². The molecule has 9 nitrogen and oxygen atoms in total. The van der Waals surface area contributed by atoms with Gasteiger partial charge in [-0.05, 0) is 42.0 Å². The van der Waals surface area contributed by atoms with Gasteiger partial charge in [-0.2, -0.15) is 5.10 Å². The van der Waals surface area contributed by atoms with E-state index in [-0.39, 0.29) is 17.0 Å². The Morgan fingerprint density at radius 2 is 1.97 bits per heavy atom. The number of carbonyl (C=O) groups excluding carboxylic acids is 1. The number of aromatic nitrogens is 2. The first-order chi connectivity index (χ1) is 15.0. The van der Waals surface area contributed by atoms with Crippen LogP contribution in [0.5, 0.6) is 0 Å². The van der Waals surface area contributed by atoms with Crippen molar-refractivity contribution in [1.29, 1.82) is 0 Å². The van der Waals surface area contributed by atoms with E-state index in [9.17, 15) is 19.7 Å². The SMILES string of the molecule is O=C(Nc1ccc2c(C/C=C/c3ccc([N+](=O)[O-])cc3)n[nH]c(=O)c2c1)c1ccco1. The molecule has 0 saturated heterocycles. The maximum absolute atomic E-state index is 12.3. The summed E-state index contributed by atoms with van der Waals surface area (Å²) < 4.78 is 5.07. The summed E-state index contributed by atoms with van der Waals surface area (Å²) in [5.74, 6) is -0.248. The lowest BCUT2D eigenvalue weighted by molar-refractivity contribution is -0.384. The van der Waals surface area contributed by atoms with E-state index in [1.165, 1.54) is 18.4 Å². The molecule has 0 bridgehead atoms. The Bertz CT molecular complexity index is 1340. The van der Waals surface area contributed by atoms with E-state index < -0.39 is 10.8 Å². The molecule has 0 unspecified atom stereocenters. The maximum Gasteiger partial charge on any atom is 0.291 e. The fraction of sp³-hybridized carbons (Fsp3) is 0.0455. The van der Waals surface area contributed by atoms with Gasteiger partial charge in [0.1, 0.15) is 0 Å². The molecule has 0 atom stereocenters. The molecule has 1 amide bonds. The fourth-order valence-corrected chi connectivity index (χ4v) is 3.07. The summed E-state index contributed by atoms with van der Waals surface area (Å²) in [5, 5.41) is 21.1. The number of rotatable bonds is 6. The van der Waals surface area contributed by atoms with E-state index in [0.717, 1.165) is 5.56 Å². The average Bonchev–Trinajstić information content (AvgIpc) is 3.31. The van der Waals surface area contributed by atoms with Crippen LogP contribution in [0.25, 0.3) is 16.8 Å². The summed E-state index contributed by atoms with van der Waals surface area (Å²) in [5.41, 5.74) is 1.57. The second-order valence-electron chi connectivity index (χ2n) is 6.65. The number of carbonyl (C=O) groups is 1. The van der Waals surface area contributed by atoms with Crippen molar-refractivity contribution in [2.45, 2.75) is 6.42 Å². The molecule has 0 spiro atoms. The first kappa shape index (κ1) is 19.8. The van der Waals surface area contributed by atoms with E-state index in [4.69, 9.17) is 4.42 Å². The smallest absolute Gasteiger partial charge is 0.291 e. The Balaban J connectivity index is 1.54. The third-order valence-electron chi connectivity index (χ3n) is 4.60. The number of hydrogen-bond acceptors (Lipinski definition) is 6. The second-order valence-corrected chi connectivity index (χ2v) is 6.65. The predicted molar refractivity (Wildman–Crippen MR) is 115 cm³/mol. The summed E-state index contributed by atoms with van der Waals surface area (Å²) in [6.07, 6.45) is 5.51. The highest BCUT2D eigenvalue weighted by atomic mass is 16.6. The number of furan rings is 1. The van der Waals surface area contributed by atoms with Gasteiger partial charge in [0.05, 0.1) is 22.3 Å². The zero-order chi connectivity index (χ0) is 21.8. The van der Waals surface area contributed by atoms with Crippen molar-refractivity contribution < 1.29 is 14.1 Å². The highest BCUT2D eigenvalue weighted by Gasteiger charge is 2.11. The van der Waals surface area contributed by atoms with Crippen LogP contribution in [0.15, 0.2) is 76.1 Å². The lowest BCUT2D eigenvalue weighted by Crippen LogP contribution is -2.13. The minimum atomic E-state index is -0.449. The Kier molecular flexibility index (Phi) is 5.39. The Labute approximate surface area is 175 Å². The average molecular weight is 416 g/mol. The number of H-pyrrole nitrogens is 1. The number of nitrogens with zero attached hydrogens (tertiary/aromatic N) is 2. The van der Waals surface area contributed by atoms with E-state index in [2.05, 4.69) is 15.5 Å². The molecule has 0 aliphatic rings. The van der Waals surface area contributed by atoms with Crippen LogP contribution in [-0.2, 0) is 6.42 Å². The summed E-state index contributed by atoms with van der Waals surface area (Å²) in [4.78, 5) is 34.7. The molecule has 0 radical (unpaired) electrons. The van der Waals surface area contributed by atoms with Crippen molar-refractivity contribution in [2.75, 3.05) is 5.32 Å². The number of amides is 1. The highest BCUT2D eigenvalue weighted by molar-refractivity contribution is 6.03. The topological polar surface area (TPSA) is 131 Å². The number of aromatic amines is 1.